The summed E-state index contributed by atoms with van der Waals surface area (Å²) in [5, 5.41) is 2.98. The van der Waals surface area contributed by atoms with Crippen LogP contribution in [0.3, 0.4) is 0 Å². The molecule has 0 bridgehead atoms. The van der Waals surface area contributed by atoms with E-state index in [-0.39, 0.29) is 5.91 Å². The number of hydrogen-bond acceptors (Lipinski definition) is 3. The first-order valence-electron chi connectivity index (χ1n) is 10.9. The molecule has 0 aliphatic carbocycles. The summed E-state index contributed by atoms with van der Waals surface area (Å²) in [4.78, 5) is 12.8. The SMILES string of the molecule is CCCCc1ccc(NC(=O)c2ccc(OCC)c(COc3ccc(C)cc3)c2)cc1. The van der Waals surface area contributed by atoms with Crippen LogP contribution in [0.4, 0.5) is 5.69 Å². The van der Waals surface area contributed by atoms with Gasteiger partial charge in [0.05, 0.1) is 6.61 Å². The first kappa shape index (κ1) is 22.4. The second-order valence-electron chi connectivity index (χ2n) is 7.61. The molecule has 3 aromatic carbocycles. The molecular formula is C27H31NO3. The minimum Gasteiger partial charge on any atom is -0.493 e. The molecule has 0 radical (unpaired) electrons. The minimum atomic E-state index is -0.152. The van der Waals surface area contributed by atoms with Gasteiger partial charge in [-0.2, -0.15) is 0 Å². The average molecular weight is 418 g/mol. The van der Waals surface area contributed by atoms with E-state index in [9.17, 15) is 4.79 Å². The third kappa shape index (κ3) is 6.61. The van der Waals surface area contributed by atoms with Crippen molar-refractivity contribution in [2.24, 2.45) is 0 Å². The third-order valence-electron chi connectivity index (χ3n) is 5.07. The Morgan fingerprint density at radius 1 is 0.903 bits per heavy atom. The maximum Gasteiger partial charge on any atom is 0.255 e. The molecule has 0 aromatic heterocycles. The molecule has 1 N–H and O–H groups in total. The molecule has 3 aromatic rings. The number of nitrogens with one attached hydrogen (secondary N) is 1. The van der Waals surface area contributed by atoms with Gasteiger partial charge in [-0.15, -0.1) is 0 Å². The zero-order chi connectivity index (χ0) is 22.1. The number of hydrogen-bond donors (Lipinski definition) is 1. The van der Waals surface area contributed by atoms with Gasteiger partial charge in [0.1, 0.15) is 18.1 Å². The fourth-order valence-electron chi connectivity index (χ4n) is 3.26. The Morgan fingerprint density at radius 3 is 2.32 bits per heavy atom. The van der Waals surface area contributed by atoms with Crippen molar-refractivity contribution < 1.29 is 14.3 Å². The fourth-order valence-corrected chi connectivity index (χ4v) is 3.26. The number of carbonyl (C=O) groups excluding carboxylic acids is 1. The monoisotopic (exact) mass is 417 g/mol. The molecule has 0 atom stereocenters. The van der Waals surface area contributed by atoms with Crippen LogP contribution < -0.4 is 14.8 Å². The summed E-state index contributed by atoms with van der Waals surface area (Å²) in [5.74, 6) is 1.36. The van der Waals surface area contributed by atoms with Gasteiger partial charge in [-0.3, -0.25) is 4.79 Å². The van der Waals surface area contributed by atoms with Gasteiger partial charge in [0.15, 0.2) is 0 Å². The topological polar surface area (TPSA) is 47.6 Å². The second kappa shape index (κ2) is 11.2. The van der Waals surface area contributed by atoms with Gasteiger partial charge in [0, 0.05) is 16.8 Å². The highest BCUT2D eigenvalue weighted by Crippen LogP contribution is 2.24. The van der Waals surface area contributed by atoms with E-state index in [0.29, 0.717) is 18.8 Å². The van der Waals surface area contributed by atoms with Crippen molar-refractivity contribution in [3.63, 3.8) is 0 Å². The molecule has 0 spiro atoms. The standard InChI is InChI=1S/C27H31NO3/c1-4-6-7-21-10-13-24(14-11-21)28-27(29)22-12-17-26(30-5-2)23(18-22)19-31-25-15-8-20(3)9-16-25/h8-18H,4-7,19H2,1-3H3,(H,28,29). The van der Waals surface area contributed by atoms with Gasteiger partial charge in [-0.25, -0.2) is 0 Å². The Kier molecular flexibility index (Phi) is 8.11. The largest absolute Gasteiger partial charge is 0.493 e. The molecule has 0 saturated carbocycles. The van der Waals surface area contributed by atoms with E-state index in [1.54, 1.807) is 6.07 Å². The first-order valence-corrected chi connectivity index (χ1v) is 10.9. The average Bonchev–Trinajstić information content (AvgIpc) is 2.79. The van der Waals surface area contributed by atoms with E-state index in [1.165, 1.54) is 24.0 Å². The van der Waals surface area contributed by atoms with Crippen molar-refractivity contribution >= 4 is 11.6 Å². The highest BCUT2D eigenvalue weighted by molar-refractivity contribution is 6.04. The van der Waals surface area contributed by atoms with E-state index in [1.807, 2.05) is 62.4 Å². The van der Waals surface area contributed by atoms with Crippen LogP contribution in [0.1, 0.15) is 53.7 Å². The molecule has 0 fully saturated rings. The highest BCUT2D eigenvalue weighted by Gasteiger charge is 2.12. The van der Waals surface area contributed by atoms with Gasteiger partial charge in [-0.1, -0.05) is 43.2 Å². The quantitative estimate of drug-likeness (QED) is 0.406. The predicted molar refractivity (Wildman–Crippen MR) is 126 cm³/mol. The Bertz CT molecular complexity index is 978. The number of unbranched alkanes of at least 4 members (excludes halogenated alkanes) is 1. The van der Waals surface area contributed by atoms with Gasteiger partial charge in [-0.05, 0) is 74.7 Å². The van der Waals surface area contributed by atoms with E-state index in [2.05, 4.69) is 24.4 Å². The number of amides is 1. The van der Waals surface area contributed by atoms with Crippen molar-refractivity contribution in [3.8, 4) is 11.5 Å². The zero-order valence-corrected chi connectivity index (χ0v) is 18.6. The van der Waals surface area contributed by atoms with Gasteiger partial charge in [0.2, 0.25) is 0 Å². The Labute approximate surface area is 185 Å². The van der Waals surface area contributed by atoms with Crippen molar-refractivity contribution in [1.29, 1.82) is 0 Å². The molecule has 31 heavy (non-hydrogen) atoms. The summed E-state index contributed by atoms with van der Waals surface area (Å²) in [6.45, 7) is 7.04. The molecule has 0 aliphatic rings. The number of aryl methyl sites for hydroxylation is 2. The molecule has 4 heteroatoms. The van der Waals surface area contributed by atoms with Gasteiger partial charge < -0.3 is 14.8 Å². The smallest absolute Gasteiger partial charge is 0.255 e. The van der Waals surface area contributed by atoms with Gasteiger partial charge in [0.25, 0.3) is 5.91 Å². The number of carbonyl (C=O) groups is 1. The maximum atomic E-state index is 12.8. The molecule has 4 nitrogen and oxygen atoms in total. The first-order chi connectivity index (χ1) is 15.1. The van der Waals surface area contributed by atoms with Crippen molar-refractivity contribution in [3.05, 3.63) is 89.0 Å². The van der Waals surface area contributed by atoms with E-state index in [0.717, 1.165) is 29.2 Å². The number of rotatable bonds is 10. The lowest BCUT2D eigenvalue weighted by Gasteiger charge is -2.14. The third-order valence-corrected chi connectivity index (χ3v) is 5.07. The minimum absolute atomic E-state index is 0.152. The van der Waals surface area contributed by atoms with Crippen molar-refractivity contribution in [2.75, 3.05) is 11.9 Å². The maximum absolute atomic E-state index is 12.8. The van der Waals surface area contributed by atoms with Gasteiger partial charge >= 0.3 is 0 Å². The summed E-state index contributed by atoms with van der Waals surface area (Å²) in [5.41, 5.74) is 4.67. The summed E-state index contributed by atoms with van der Waals surface area (Å²) >= 11 is 0. The number of anilines is 1. The van der Waals surface area contributed by atoms with Crippen LogP contribution in [0.25, 0.3) is 0 Å². The molecule has 0 aliphatic heterocycles. The second-order valence-corrected chi connectivity index (χ2v) is 7.61. The van der Waals surface area contributed by atoms with Crippen molar-refractivity contribution in [1.82, 2.24) is 0 Å². The summed E-state index contributed by atoms with van der Waals surface area (Å²) in [7, 11) is 0. The van der Waals surface area contributed by atoms with Crippen LogP contribution in [-0.2, 0) is 13.0 Å². The lowest BCUT2D eigenvalue weighted by Crippen LogP contribution is -2.13. The summed E-state index contributed by atoms with van der Waals surface area (Å²) in [6.07, 6.45) is 3.41. The van der Waals surface area contributed by atoms with Crippen LogP contribution in [0.15, 0.2) is 66.7 Å². The summed E-state index contributed by atoms with van der Waals surface area (Å²) < 4.78 is 11.7. The molecule has 0 heterocycles. The normalized spacial score (nSPS) is 10.5. The zero-order valence-electron chi connectivity index (χ0n) is 18.6. The Morgan fingerprint density at radius 2 is 1.65 bits per heavy atom. The van der Waals surface area contributed by atoms with Crippen molar-refractivity contribution in [2.45, 2.75) is 46.6 Å². The molecule has 0 unspecified atom stereocenters. The lowest BCUT2D eigenvalue weighted by molar-refractivity contribution is 0.102. The molecule has 1 amide bonds. The van der Waals surface area contributed by atoms with E-state index >= 15 is 0 Å². The Hall–Kier alpha value is -3.27. The number of ether oxygens (including phenoxy) is 2. The van der Waals surface area contributed by atoms with Crippen LogP contribution in [-0.4, -0.2) is 12.5 Å². The Balaban J connectivity index is 1.70. The van der Waals surface area contributed by atoms with E-state index in [4.69, 9.17) is 9.47 Å². The number of benzene rings is 3. The molecule has 162 valence electrons. The molecular weight excluding hydrogens is 386 g/mol. The molecule has 0 saturated heterocycles. The lowest BCUT2D eigenvalue weighted by atomic mass is 10.1. The summed E-state index contributed by atoms with van der Waals surface area (Å²) in [6, 6.07) is 21.4. The fraction of sp³-hybridized carbons (Fsp3) is 0.296. The van der Waals surface area contributed by atoms with Crippen LogP contribution in [0.5, 0.6) is 11.5 Å². The van der Waals surface area contributed by atoms with Crippen LogP contribution in [0, 0.1) is 6.92 Å². The predicted octanol–water partition coefficient (Wildman–Crippen LogP) is 6.57. The van der Waals surface area contributed by atoms with Crippen LogP contribution in [0.2, 0.25) is 0 Å². The highest BCUT2D eigenvalue weighted by atomic mass is 16.5. The van der Waals surface area contributed by atoms with E-state index < -0.39 is 0 Å². The molecule has 3 rings (SSSR count). The van der Waals surface area contributed by atoms with Crippen LogP contribution >= 0.6 is 0 Å².